The lowest BCUT2D eigenvalue weighted by Crippen LogP contribution is -2.22. The molecule has 0 unspecified atom stereocenters. The van der Waals surface area contributed by atoms with Crippen molar-refractivity contribution in [2.75, 3.05) is 44.6 Å². The summed E-state index contributed by atoms with van der Waals surface area (Å²) in [5, 5.41) is 7.29. The molecule has 0 radical (unpaired) electrons. The molecule has 7 heteroatoms. The molecule has 0 spiro atoms. The minimum absolute atomic E-state index is 0.0924. The summed E-state index contributed by atoms with van der Waals surface area (Å²) in [6, 6.07) is 17.6. The van der Waals surface area contributed by atoms with Crippen molar-refractivity contribution in [3.05, 3.63) is 71.9 Å². The molecular weight excluding hydrogens is 380 g/mol. The third kappa shape index (κ3) is 6.09. The molecule has 3 rings (SSSR count). The monoisotopic (exact) mass is 408 g/mol. The average molecular weight is 409 g/mol. The van der Waals surface area contributed by atoms with Crippen LogP contribution in [0.1, 0.15) is 11.1 Å². The van der Waals surface area contributed by atoms with E-state index in [0.717, 1.165) is 29.1 Å². The van der Waals surface area contributed by atoms with Gasteiger partial charge in [-0.2, -0.15) is 5.10 Å². The molecule has 1 amide bonds. The topological polar surface area (TPSA) is 68.6 Å². The van der Waals surface area contributed by atoms with Gasteiger partial charge in [-0.1, -0.05) is 24.3 Å². The average Bonchev–Trinajstić information content (AvgIpc) is 3.19. The number of benzene rings is 2. The number of nitrogens with one attached hydrogen (secondary N) is 1. The van der Waals surface area contributed by atoms with Crippen LogP contribution >= 0.6 is 0 Å². The first-order chi connectivity index (χ1) is 14.6. The van der Waals surface area contributed by atoms with E-state index in [0.29, 0.717) is 25.4 Å². The van der Waals surface area contributed by atoms with E-state index in [1.807, 2.05) is 61.8 Å². The summed E-state index contributed by atoms with van der Waals surface area (Å²) < 4.78 is 12.1. The normalized spacial score (nSPS) is 10.6. The van der Waals surface area contributed by atoms with Crippen molar-refractivity contribution in [2.45, 2.75) is 13.0 Å². The van der Waals surface area contributed by atoms with Crippen LogP contribution in [-0.2, 0) is 22.5 Å². The van der Waals surface area contributed by atoms with Gasteiger partial charge in [0.05, 0.1) is 26.7 Å². The van der Waals surface area contributed by atoms with Gasteiger partial charge < -0.3 is 19.7 Å². The third-order valence-corrected chi connectivity index (χ3v) is 4.78. The molecule has 1 N–H and O–H groups in total. The zero-order chi connectivity index (χ0) is 21.3. The Morgan fingerprint density at radius 3 is 2.40 bits per heavy atom. The smallest absolute Gasteiger partial charge is 0.229 e. The maximum atomic E-state index is 12.4. The van der Waals surface area contributed by atoms with Crippen LogP contribution in [0.2, 0.25) is 0 Å². The maximum Gasteiger partial charge on any atom is 0.229 e. The number of nitrogens with zero attached hydrogens (tertiary/aromatic N) is 3. The van der Waals surface area contributed by atoms with Crippen LogP contribution in [0.25, 0.3) is 0 Å². The number of anilines is 2. The fourth-order valence-electron chi connectivity index (χ4n) is 3.03. The lowest BCUT2D eigenvalue weighted by Gasteiger charge is -2.18. The summed E-state index contributed by atoms with van der Waals surface area (Å²) in [6.45, 7) is 2.11. The van der Waals surface area contributed by atoms with Crippen LogP contribution in [-0.4, -0.2) is 50.1 Å². The fourth-order valence-corrected chi connectivity index (χ4v) is 3.03. The van der Waals surface area contributed by atoms with Crippen molar-refractivity contribution in [2.24, 2.45) is 0 Å². The van der Waals surface area contributed by atoms with Gasteiger partial charge in [-0.25, -0.2) is 0 Å². The summed E-state index contributed by atoms with van der Waals surface area (Å²) in [4.78, 5) is 14.5. The first kappa shape index (κ1) is 21.4. The van der Waals surface area contributed by atoms with E-state index in [2.05, 4.69) is 15.3 Å². The Morgan fingerprint density at radius 1 is 1.03 bits per heavy atom. The molecule has 0 saturated carbocycles. The highest BCUT2D eigenvalue weighted by Gasteiger charge is 2.08. The van der Waals surface area contributed by atoms with E-state index in [4.69, 9.17) is 9.47 Å². The number of hydrogen-bond donors (Lipinski definition) is 1. The number of ether oxygens (including phenoxy) is 2. The molecule has 158 valence electrons. The first-order valence-corrected chi connectivity index (χ1v) is 9.82. The second kappa shape index (κ2) is 10.5. The number of likely N-dealkylation sites (N-methyl/N-ethyl adjacent to an activating group) is 1. The third-order valence-electron chi connectivity index (χ3n) is 4.78. The minimum atomic E-state index is -0.0924. The molecule has 1 heterocycles. The zero-order valence-electron chi connectivity index (χ0n) is 17.7. The van der Waals surface area contributed by atoms with Crippen molar-refractivity contribution in [3.63, 3.8) is 0 Å². The Hall–Kier alpha value is -3.32. The quantitative estimate of drug-likeness (QED) is 0.558. The number of carbonyl (C=O) groups is 1. The minimum Gasteiger partial charge on any atom is -0.497 e. The van der Waals surface area contributed by atoms with Crippen molar-refractivity contribution >= 4 is 17.4 Å². The summed E-state index contributed by atoms with van der Waals surface area (Å²) in [5.41, 5.74) is 3.15. The standard InChI is InChI=1S/C23H28N4O3/c1-26(14-15-29-2)20-8-4-18(5-9-20)16-23(28)24-22-12-13-27(25-22)17-19-6-10-21(30-3)11-7-19/h4-13H,14-17H2,1-3H3,(H,24,25,28). The maximum absolute atomic E-state index is 12.4. The number of methoxy groups -OCH3 is 2. The van der Waals surface area contributed by atoms with E-state index in [-0.39, 0.29) is 5.91 Å². The summed E-state index contributed by atoms with van der Waals surface area (Å²) >= 11 is 0. The second-order valence-electron chi connectivity index (χ2n) is 7.05. The number of aromatic nitrogens is 2. The van der Waals surface area contributed by atoms with E-state index >= 15 is 0 Å². The van der Waals surface area contributed by atoms with Gasteiger partial charge in [0.1, 0.15) is 5.75 Å². The second-order valence-corrected chi connectivity index (χ2v) is 7.05. The van der Waals surface area contributed by atoms with E-state index in [1.54, 1.807) is 25.0 Å². The molecule has 0 aliphatic heterocycles. The molecule has 30 heavy (non-hydrogen) atoms. The van der Waals surface area contributed by atoms with Crippen molar-refractivity contribution in [1.29, 1.82) is 0 Å². The number of rotatable bonds is 10. The Labute approximate surface area is 177 Å². The molecule has 0 fully saturated rings. The summed E-state index contributed by atoms with van der Waals surface area (Å²) in [5.74, 6) is 1.27. The first-order valence-electron chi connectivity index (χ1n) is 9.82. The lowest BCUT2D eigenvalue weighted by atomic mass is 10.1. The molecule has 0 saturated heterocycles. The molecular formula is C23H28N4O3. The molecule has 2 aromatic carbocycles. The molecule has 7 nitrogen and oxygen atoms in total. The predicted octanol–water partition coefficient (Wildman–Crippen LogP) is 3.20. The van der Waals surface area contributed by atoms with E-state index in [9.17, 15) is 4.79 Å². The van der Waals surface area contributed by atoms with E-state index in [1.165, 1.54) is 0 Å². The van der Waals surface area contributed by atoms with Crippen LogP contribution < -0.4 is 15.0 Å². The molecule has 0 atom stereocenters. The van der Waals surface area contributed by atoms with Gasteiger partial charge in [-0.15, -0.1) is 0 Å². The molecule has 0 bridgehead atoms. The van der Waals surface area contributed by atoms with Gasteiger partial charge in [0, 0.05) is 38.7 Å². The van der Waals surface area contributed by atoms with Crippen LogP contribution in [0, 0.1) is 0 Å². The van der Waals surface area contributed by atoms with Crippen LogP contribution in [0.5, 0.6) is 5.75 Å². The van der Waals surface area contributed by atoms with Gasteiger partial charge in [0.2, 0.25) is 5.91 Å². The van der Waals surface area contributed by atoms with Gasteiger partial charge in [-0.3, -0.25) is 9.48 Å². The van der Waals surface area contributed by atoms with Gasteiger partial charge in [0.25, 0.3) is 0 Å². The number of hydrogen-bond acceptors (Lipinski definition) is 5. The fraction of sp³-hybridized carbons (Fsp3) is 0.304. The van der Waals surface area contributed by atoms with Crippen molar-refractivity contribution < 1.29 is 14.3 Å². The SMILES string of the molecule is COCCN(C)c1ccc(CC(=O)Nc2ccn(Cc3ccc(OC)cc3)n2)cc1. The van der Waals surface area contributed by atoms with Gasteiger partial charge in [0.15, 0.2) is 5.82 Å². The molecule has 0 aliphatic rings. The summed E-state index contributed by atoms with van der Waals surface area (Å²) in [6.07, 6.45) is 2.15. The molecule has 0 aliphatic carbocycles. The zero-order valence-corrected chi connectivity index (χ0v) is 17.7. The van der Waals surface area contributed by atoms with Crippen LogP contribution in [0.15, 0.2) is 60.8 Å². The van der Waals surface area contributed by atoms with E-state index < -0.39 is 0 Å². The number of carbonyl (C=O) groups excluding carboxylic acids is 1. The van der Waals surface area contributed by atoms with Gasteiger partial charge in [-0.05, 0) is 35.4 Å². The largest absolute Gasteiger partial charge is 0.497 e. The highest BCUT2D eigenvalue weighted by atomic mass is 16.5. The van der Waals surface area contributed by atoms with Crippen molar-refractivity contribution in [1.82, 2.24) is 9.78 Å². The molecule has 3 aromatic rings. The predicted molar refractivity (Wildman–Crippen MR) is 118 cm³/mol. The summed E-state index contributed by atoms with van der Waals surface area (Å²) in [7, 11) is 5.36. The Balaban J connectivity index is 1.51. The lowest BCUT2D eigenvalue weighted by molar-refractivity contribution is -0.115. The Kier molecular flexibility index (Phi) is 7.45. The Bertz CT molecular complexity index is 936. The Morgan fingerprint density at radius 2 is 1.73 bits per heavy atom. The highest BCUT2D eigenvalue weighted by molar-refractivity contribution is 5.91. The number of amides is 1. The van der Waals surface area contributed by atoms with Crippen LogP contribution in [0.3, 0.4) is 0 Å². The van der Waals surface area contributed by atoms with Crippen molar-refractivity contribution in [3.8, 4) is 5.75 Å². The highest BCUT2D eigenvalue weighted by Crippen LogP contribution is 2.15. The van der Waals surface area contributed by atoms with Crippen LogP contribution in [0.4, 0.5) is 11.5 Å². The van der Waals surface area contributed by atoms with Gasteiger partial charge >= 0.3 is 0 Å². The molecule has 1 aromatic heterocycles.